The van der Waals surface area contributed by atoms with Crippen LogP contribution in [0.1, 0.15) is 27.7 Å². The molecule has 5 nitrogen and oxygen atoms in total. The molecule has 6 heteroatoms. The van der Waals surface area contributed by atoms with Gasteiger partial charge in [0.15, 0.2) is 0 Å². The van der Waals surface area contributed by atoms with Crippen LogP contribution < -0.4 is 10.6 Å². The largest absolute Gasteiger partial charge is 0.397 e. The van der Waals surface area contributed by atoms with Gasteiger partial charge in [0.1, 0.15) is 0 Å². The van der Waals surface area contributed by atoms with Gasteiger partial charge in [-0.05, 0) is 30.5 Å². The van der Waals surface area contributed by atoms with Crippen LogP contribution in [0.2, 0.25) is 0 Å². The molecule has 0 saturated heterocycles. The molecule has 1 rings (SSSR count). The Morgan fingerprint density at radius 1 is 1.14 bits per heavy atom. The summed E-state index contributed by atoms with van der Waals surface area (Å²) in [4.78, 5) is 2.29. The van der Waals surface area contributed by atoms with Gasteiger partial charge in [-0.2, -0.15) is 0 Å². The molecule has 1 atom stereocenters. The van der Waals surface area contributed by atoms with Gasteiger partial charge in [-0.1, -0.05) is 20.8 Å². The number of nitrogen functional groups attached to an aromatic ring is 1. The fourth-order valence-corrected chi connectivity index (χ4v) is 2.91. The van der Waals surface area contributed by atoms with E-state index in [4.69, 9.17) is 5.73 Å². The summed E-state index contributed by atoms with van der Waals surface area (Å²) in [6.45, 7) is 8.53. The van der Waals surface area contributed by atoms with Crippen molar-refractivity contribution in [3.63, 3.8) is 0 Å². The van der Waals surface area contributed by atoms with Crippen molar-refractivity contribution in [2.75, 3.05) is 31.8 Å². The number of nitrogens with zero attached hydrogens (tertiary/aromatic N) is 2. The van der Waals surface area contributed by atoms with Gasteiger partial charge in [0.2, 0.25) is 10.0 Å². The van der Waals surface area contributed by atoms with Gasteiger partial charge >= 0.3 is 0 Å². The van der Waals surface area contributed by atoms with Crippen LogP contribution in [0.3, 0.4) is 0 Å². The van der Waals surface area contributed by atoms with Gasteiger partial charge in [-0.15, -0.1) is 0 Å². The highest BCUT2D eigenvalue weighted by atomic mass is 32.2. The molecule has 0 aliphatic rings. The van der Waals surface area contributed by atoms with Crippen LogP contribution in [0.4, 0.5) is 11.4 Å². The van der Waals surface area contributed by atoms with E-state index in [0.717, 1.165) is 5.69 Å². The van der Waals surface area contributed by atoms with Gasteiger partial charge in [0.05, 0.1) is 16.3 Å². The zero-order valence-electron chi connectivity index (χ0n) is 14.0. The van der Waals surface area contributed by atoms with E-state index in [1.54, 1.807) is 18.2 Å². The standard InChI is InChI=1S/C15H27N3O2S/c1-11(15(2,3)4)18(7)14-10-12(8-9-13(14)16)21(19,20)17(5)6/h8-11H,16H2,1-7H3. The summed E-state index contributed by atoms with van der Waals surface area (Å²) in [6.07, 6.45) is 0. The Kier molecular flexibility index (Phi) is 4.95. The van der Waals surface area contributed by atoms with Crippen LogP contribution in [-0.2, 0) is 10.0 Å². The Hall–Kier alpha value is -1.27. The summed E-state index contributed by atoms with van der Waals surface area (Å²) >= 11 is 0. The highest BCUT2D eigenvalue weighted by Crippen LogP contribution is 2.32. The first kappa shape index (κ1) is 17.8. The first-order valence-electron chi connectivity index (χ1n) is 6.94. The number of hydrogen-bond donors (Lipinski definition) is 1. The Morgan fingerprint density at radius 2 is 1.67 bits per heavy atom. The lowest BCUT2D eigenvalue weighted by atomic mass is 9.87. The molecule has 21 heavy (non-hydrogen) atoms. The predicted molar refractivity (Wildman–Crippen MR) is 89.0 cm³/mol. The van der Waals surface area contributed by atoms with E-state index in [-0.39, 0.29) is 16.4 Å². The zero-order valence-corrected chi connectivity index (χ0v) is 14.8. The average Bonchev–Trinajstić information content (AvgIpc) is 2.36. The lowest BCUT2D eigenvalue weighted by Crippen LogP contribution is -2.39. The molecule has 0 heterocycles. The second kappa shape index (κ2) is 5.85. The third-order valence-electron chi connectivity index (χ3n) is 3.99. The lowest BCUT2D eigenvalue weighted by molar-refractivity contribution is 0.330. The maximum atomic E-state index is 12.3. The Bertz CT molecular complexity index is 604. The Morgan fingerprint density at radius 3 is 2.10 bits per heavy atom. The van der Waals surface area contributed by atoms with E-state index in [9.17, 15) is 8.42 Å². The molecule has 1 aromatic carbocycles. The Balaban J connectivity index is 3.33. The average molecular weight is 313 g/mol. The van der Waals surface area contributed by atoms with Crippen LogP contribution >= 0.6 is 0 Å². The van der Waals surface area contributed by atoms with E-state index in [1.807, 2.05) is 11.9 Å². The van der Waals surface area contributed by atoms with Crippen LogP contribution in [0.25, 0.3) is 0 Å². The normalized spacial score (nSPS) is 14.3. The smallest absolute Gasteiger partial charge is 0.242 e. The topological polar surface area (TPSA) is 66.6 Å². The summed E-state index contributed by atoms with van der Waals surface area (Å²) < 4.78 is 25.7. The maximum absolute atomic E-state index is 12.3. The minimum Gasteiger partial charge on any atom is -0.397 e. The number of nitrogens with two attached hydrogens (primary N) is 1. The second-order valence-corrected chi connectivity index (χ2v) is 8.81. The first-order valence-corrected chi connectivity index (χ1v) is 8.38. The Labute approximate surface area is 128 Å². The SMILES string of the molecule is CC(N(C)c1cc(S(=O)(=O)N(C)C)ccc1N)C(C)(C)C. The van der Waals surface area contributed by atoms with Crippen molar-refractivity contribution >= 4 is 21.4 Å². The molecule has 0 bridgehead atoms. The van der Waals surface area contributed by atoms with E-state index < -0.39 is 10.0 Å². The van der Waals surface area contributed by atoms with Gasteiger partial charge < -0.3 is 10.6 Å². The molecule has 0 aliphatic carbocycles. The summed E-state index contributed by atoms with van der Waals surface area (Å²) in [5.74, 6) is 0. The third kappa shape index (κ3) is 3.68. The van der Waals surface area contributed by atoms with Crippen molar-refractivity contribution in [1.82, 2.24) is 4.31 Å². The highest BCUT2D eigenvalue weighted by molar-refractivity contribution is 7.89. The van der Waals surface area contributed by atoms with Crippen molar-refractivity contribution < 1.29 is 8.42 Å². The van der Waals surface area contributed by atoms with Crippen LogP contribution in [-0.4, -0.2) is 39.9 Å². The summed E-state index contributed by atoms with van der Waals surface area (Å²) in [7, 11) is 1.52. The first-order chi connectivity index (χ1) is 9.39. The lowest BCUT2D eigenvalue weighted by Gasteiger charge is -2.37. The molecule has 0 fully saturated rings. The van der Waals surface area contributed by atoms with E-state index in [2.05, 4.69) is 27.7 Å². The molecule has 0 saturated carbocycles. The van der Waals surface area contributed by atoms with Crippen LogP contribution in [0.5, 0.6) is 0 Å². The molecular formula is C15H27N3O2S. The summed E-state index contributed by atoms with van der Waals surface area (Å²) in [5.41, 5.74) is 7.41. The number of rotatable bonds is 4. The molecule has 0 amide bonds. The minimum absolute atomic E-state index is 0.0532. The minimum atomic E-state index is -3.46. The van der Waals surface area contributed by atoms with Gasteiger partial charge in [-0.25, -0.2) is 12.7 Å². The predicted octanol–water partition coefficient (Wildman–Crippen LogP) is 2.39. The molecule has 120 valence electrons. The van der Waals surface area contributed by atoms with Crippen molar-refractivity contribution in [3.8, 4) is 0 Å². The fraction of sp³-hybridized carbons (Fsp3) is 0.600. The maximum Gasteiger partial charge on any atom is 0.242 e. The number of anilines is 2. The number of sulfonamides is 1. The molecule has 0 radical (unpaired) electrons. The van der Waals surface area contributed by atoms with Gasteiger partial charge in [0, 0.05) is 27.2 Å². The third-order valence-corrected chi connectivity index (χ3v) is 5.81. The van der Waals surface area contributed by atoms with Crippen molar-refractivity contribution in [2.24, 2.45) is 5.41 Å². The molecule has 0 aliphatic heterocycles. The molecule has 0 aromatic heterocycles. The van der Waals surface area contributed by atoms with Crippen molar-refractivity contribution in [2.45, 2.75) is 38.6 Å². The molecule has 2 N–H and O–H groups in total. The number of hydrogen-bond acceptors (Lipinski definition) is 4. The van der Waals surface area contributed by atoms with E-state index in [1.165, 1.54) is 18.4 Å². The van der Waals surface area contributed by atoms with E-state index >= 15 is 0 Å². The van der Waals surface area contributed by atoms with Crippen molar-refractivity contribution in [3.05, 3.63) is 18.2 Å². The summed E-state index contributed by atoms with van der Waals surface area (Å²) in [6, 6.07) is 5.05. The molecule has 1 aromatic rings. The van der Waals surface area contributed by atoms with Gasteiger partial charge in [-0.3, -0.25) is 0 Å². The second-order valence-electron chi connectivity index (χ2n) is 6.66. The fourth-order valence-electron chi connectivity index (χ4n) is 1.99. The van der Waals surface area contributed by atoms with Crippen LogP contribution in [0.15, 0.2) is 23.1 Å². The molecule has 0 spiro atoms. The summed E-state index contributed by atoms with van der Waals surface area (Å²) in [5, 5.41) is 0. The highest BCUT2D eigenvalue weighted by Gasteiger charge is 2.26. The monoisotopic (exact) mass is 313 g/mol. The quantitative estimate of drug-likeness (QED) is 0.867. The van der Waals surface area contributed by atoms with Gasteiger partial charge in [0.25, 0.3) is 0 Å². The molecular weight excluding hydrogens is 286 g/mol. The molecule has 1 unspecified atom stereocenters. The van der Waals surface area contributed by atoms with Crippen LogP contribution in [0, 0.1) is 5.41 Å². The zero-order chi connectivity index (χ0) is 16.6. The number of benzene rings is 1. The van der Waals surface area contributed by atoms with E-state index in [0.29, 0.717) is 5.69 Å². The van der Waals surface area contributed by atoms with Crippen molar-refractivity contribution in [1.29, 1.82) is 0 Å².